The lowest BCUT2D eigenvalue weighted by Gasteiger charge is -2.36. The Labute approximate surface area is 155 Å². The Morgan fingerprint density at radius 1 is 1.12 bits per heavy atom. The first-order valence-electron chi connectivity index (χ1n) is 10.1. The van der Waals surface area contributed by atoms with E-state index in [1.807, 2.05) is 17.0 Å². The molecule has 1 saturated carbocycles. The van der Waals surface area contributed by atoms with E-state index in [1.54, 1.807) is 6.20 Å². The molecular weight excluding hydrogens is 328 g/mol. The Morgan fingerprint density at radius 2 is 1.88 bits per heavy atom. The summed E-state index contributed by atoms with van der Waals surface area (Å²) in [6.07, 6.45) is 9.21. The highest BCUT2D eigenvalue weighted by atomic mass is 16.5. The van der Waals surface area contributed by atoms with Gasteiger partial charge in [0.15, 0.2) is 0 Å². The van der Waals surface area contributed by atoms with E-state index in [1.165, 1.54) is 38.8 Å². The van der Waals surface area contributed by atoms with Crippen LogP contribution < -0.4 is 10.1 Å². The van der Waals surface area contributed by atoms with Gasteiger partial charge in [0.05, 0.1) is 6.61 Å². The third kappa shape index (κ3) is 4.67. The minimum Gasteiger partial charge on any atom is -0.477 e. The van der Waals surface area contributed by atoms with Crippen molar-refractivity contribution in [3.05, 3.63) is 23.9 Å². The summed E-state index contributed by atoms with van der Waals surface area (Å²) in [6.45, 7) is 5.49. The lowest BCUT2D eigenvalue weighted by molar-refractivity contribution is 0.134. The fourth-order valence-electron chi connectivity index (χ4n) is 3.92. The number of urea groups is 1. The molecule has 3 fully saturated rings. The maximum Gasteiger partial charge on any atom is 0.317 e. The van der Waals surface area contributed by atoms with Gasteiger partial charge in [-0.05, 0) is 63.1 Å². The molecule has 0 bridgehead atoms. The van der Waals surface area contributed by atoms with Gasteiger partial charge in [-0.2, -0.15) is 0 Å². The number of carbonyl (C=O) groups is 1. The molecule has 0 unspecified atom stereocenters. The first kappa shape index (κ1) is 17.6. The molecule has 142 valence electrons. The molecule has 2 aliphatic heterocycles. The van der Waals surface area contributed by atoms with E-state index < -0.39 is 0 Å². The Kier molecular flexibility index (Phi) is 5.58. The molecule has 2 saturated heterocycles. The lowest BCUT2D eigenvalue weighted by atomic mass is 10.0. The largest absolute Gasteiger partial charge is 0.477 e. The van der Waals surface area contributed by atoms with Gasteiger partial charge < -0.3 is 19.9 Å². The zero-order valence-corrected chi connectivity index (χ0v) is 15.5. The van der Waals surface area contributed by atoms with Crippen molar-refractivity contribution in [3.63, 3.8) is 0 Å². The predicted molar refractivity (Wildman–Crippen MR) is 100 cm³/mol. The number of hydrogen-bond acceptors (Lipinski definition) is 4. The van der Waals surface area contributed by atoms with Gasteiger partial charge in [0.25, 0.3) is 0 Å². The third-order valence-electron chi connectivity index (χ3n) is 5.81. The highest BCUT2D eigenvalue weighted by Gasteiger charge is 2.28. The Bertz CT molecular complexity index is 588. The summed E-state index contributed by atoms with van der Waals surface area (Å²) in [6, 6.07) is 4.59. The fraction of sp³-hybridized carbons (Fsp3) is 0.700. The molecule has 2 amide bonds. The molecule has 0 aromatic carbocycles. The van der Waals surface area contributed by atoms with Gasteiger partial charge in [-0.15, -0.1) is 0 Å². The van der Waals surface area contributed by atoms with Gasteiger partial charge in [0.2, 0.25) is 5.88 Å². The van der Waals surface area contributed by atoms with E-state index in [0.29, 0.717) is 18.5 Å². The molecule has 3 heterocycles. The number of carbonyl (C=O) groups excluding carboxylic acids is 1. The average Bonchev–Trinajstić information content (AvgIpc) is 3.36. The van der Waals surface area contributed by atoms with E-state index in [2.05, 4.69) is 15.2 Å². The number of ether oxygens (including phenoxy) is 1. The molecule has 1 N–H and O–H groups in total. The molecular formula is C20H30N4O2. The Hall–Kier alpha value is -1.82. The maximum atomic E-state index is 12.4. The van der Waals surface area contributed by atoms with Crippen molar-refractivity contribution in [3.8, 4) is 5.88 Å². The Balaban J connectivity index is 1.17. The first-order valence-corrected chi connectivity index (χ1v) is 10.1. The standard InChI is InChI=1S/C20H30N4O2/c25-20(24-11-7-18(8-12-24)23-9-1-2-10-23)22-14-17-5-6-19(21-13-17)26-15-16-3-4-16/h5-6,13,16,18H,1-4,7-12,14-15H2,(H,22,25). The van der Waals surface area contributed by atoms with E-state index in [9.17, 15) is 4.79 Å². The second-order valence-electron chi connectivity index (χ2n) is 7.88. The predicted octanol–water partition coefficient (Wildman–Crippen LogP) is 2.64. The molecule has 0 atom stereocenters. The van der Waals surface area contributed by atoms with E-state index in [4.69, 9.17) is 4.74 Å². The van der Waals surface area contributed by atoms with Crippen molar-refractivity contribution < 1.29 is 9.53 Å². The van der Waals surface area contributed by atoms with Crippen LogP contribution in [-0.2, 0) is 6.54 Å². The number of nitrogens with one attached hydrogen (secondary N) is 1. The topological polar surface area (TPSA) is 57.7 Å². The summed E-state index contributed by atoms with van der Waals surface area (Å²) in [4.78, 5) is 21.3. The molecule has 1 aromatic rings. The molecule has 4 rings (SSSR count). The van der Waals surface area contributed by atoms with Crippen molar-refractivity contribution in [1.29, 1.82) is 0 Å². The quantitative estimate of drug-likeness (QED) is 0.849. The molecule has 1 aliphatic carbocycles. The van der Waals surface area contributed by atoms with Crippen molar-refractivity contribution in [2.75, 3.05) is 32.8 Å². The molecule has 0 spiro atoms. The van der Waals surface area contributed by atoms with Gasteiger partial charge in [-0.25, -0.2) is 9.78 Å². The number of likely N-dealkylation sites (tertiary alicyclic amines) is 2. The number of nitrogens with zero attached hydrogens (tertiary/aromatic N) is 3. The zero-order chi connectivity index (χ0) is 17.8. The van der Waals surface area contributed by atoms with Crippen molar-refractivity contribution in [1.82, 2.24) is 20.1 Å². The van der Waals surface area contributed by atoms with Crippen LogP contribution in [0.1, 0.15) is 44.1 Å². The van der Waals surface area contributed by atoms with E-state index in [0.717, 1.165) is 44.0 Å². The number of aromatic nitrogens is 1. The van der Waals surface area contributed by atoms with Crippen LogP contribution in [0.3, 0.4) is 0 Å². The lowest BCUT2D eigenvalue weighted by Crippen LogP contribution is -2.48. The summed E-state index contributed by atoms with van der Waals surface area (Å²) in [5.74, 6) is 1.40. The molecule has 1 aromatic heterocycles. The normalized spacial score (nSPS) is 21.8. The van der Waals surface area contributed by atoms with Gasteiger partial charge in [-0.1, -0.05) is 6.07 Å². The first-order chi connectivity index (χ1) is 12.8. The Morgan fingerprint density at radius 3 is 2.54 bits per heavy atom. The monoisotopic (exact) mass is 358 g/mol. The summed E-state index contributed by atoms with van der Waals surface area (Å²) in [7, 11) is 0. The summed E-state index contributed by atoms with van der Waals surface area (Å²) >= 11 is 0. The number of amides is 2. The molecule has 6 heteroatoms. The van der Waals surface area contributed by atoms with Crippen molar-refractivity contribution in [2.24, 2.45) is 5.92 Å². The molecule has 0 radical (unpaired) electrons. The second-order valence-corrected chi connectivity index (χ2v) is 7.88. The van der Waals surface area contributed by atoms with Gasteiger partial charge in [-0.3, -0.25) is 0 Å². The minimum atomic E-state index is 0.0407. The van der Waals surface area contributed by atoms with E-state index >= 15 is 0 Å². The molecule has 3 aliphatic rings. The summed E-state index contributed by atoms with van der Waals surface area (Å²) < 4.78 is 5.65. The van der Waals surface area contributed by atoms with Crippen LogP contribution in [0.2, 0.25) is 0 Å². The number of pyridine rings is 1. The minimum absolute atomic E-state index is 0.0407. The maximum absolute atomic E-state index is 12.4. The van der Waals surface area contributed by atoms with Crippen LogP contribution in [-0.4, -0.2) is 59.6 Å². The van der Waals surface area contributed by atoms with Crippen LogP contribution in [0.25, 0.3) is 0 Å². The zero-order valence-electron chi connectivity index (χ0n) is 15.5. The van der Waals surface area contributed by atoms with Crippen molar-refractivity contribution in [2.45, 2.75) is 51.1 Å². The van der Waals surface area contributed by atoms with Crippen molar-refractivity contribution >= 4 is 6.03 Å². The second kappa shape index (κ2) is 8.25. The number of piperidine rings is 1. The number of hydrogen-bond donors (Lipinski definition) is 1. The molecule has 6 nitrogen and oxygen atoms in total. The highest BCUT2D eigenvalue weighted by Crippen LogP contribution is 2.29. The van der Waals surface area contributed by atoms with E-state index in [-0.39, 0.29) is 6.03 Å². The van der Waals surface area contributed by atoms with Gasteiger partial charge in [0.1, 0.15) is 0 Å². The summed E-state index contributed by atoms with van der Waals surface area (Å²) in [5, 5.41) is 3.03. The summed E-state index contributed by atoms with van der Waals surface area (Å²) in [5.41, 5.74) is 1.00. The van der Waals surface area contributed by atoms with Crippen LogP contribution in [0.15, 0.2) is 18.3 Å². The smallest absolute Gasteiger partial charge is 0.317 e. The fourth-order valence-corrected chi connectivity index (χ4v) is 3.92. The third-order valence-corrected chi connectivity index (χ3v) is 5.81. The number of rotatable bonds is 6. The highest BCUT2D eigenvalue weighted by molar-refractivity contribution is 5.74. The van der Waals surface area contributed by atoms with Gasteiger partial charge >= 0.3 is 6.03 Å². The van der Waals surface area contributed by atoms with Crippen LogP contribution in [0.4, 0.5) is 4.79 Å². The average molecular weight is 358 g/mol. The van der Waals surface area contributed by atoms with Crippen LogP contribution in [0, 0.1) is 5.92 Å². The van der Waals surface area contributed by atoms with Gasteiger partial charge in [0, 0.05) is 37.9 Å². The molecule has 26 heavy (non-hydrogen) atoms. The van der Waals surface area contributed by atoms with Crippen LogP contribution in [0.5, 0.6) is 5.88 Å². The SMILES string of the molecule is O=C(NCc1ccc(OCC2CC2)nc1)N1CCC(N2CCCC2)CC1. The van der Waals surface area contributed by atoms with Crippen LogP contribution >= 0.6 is 0 Å².